The molecule has 0 saturated carbocycles. The number of aromatic nitrogens is 2. The van der Waals surface area contributed by atoms with Crippen molar-refractivity contribution in [3.8, 4) is 0 Å². The van der Waals surface area contributed by atoms with Crippen molar-refractivity contribution in [2.24, 2.45) is 5.10 Å². The van der Waals surface area contributed by atoms with Crippen LogP contribution < -0.4 is 11.2 Å². The van der Waals surface area contributed by atoms with Crippen molar-refractivity contribution in [3.63, 3.8) is 0 Å². The Kier molecular flexibility index (Phi) is 3.72. The van der Waals surface area contributed by atoms with E-state index in [1.54, 1.807) is 6.20 Å². The number of nitrogens with one attached hydrogen (secondary N) is 1. The highest BCUT2D eigenvalue weighted by Crippen LogP contribution is 2.24. The van der Waals surface area contributed by atoms with Crippen molar-refractivity contribution in [1.82, 2.24) is 9.97 Å². The molecule has 21 heavy (non-hydrogen) atoms. The summed E-state index contributed by atoms with van der Waals surface area (Å²) in [6.45, 7) is 1.88. The third kappa shape index (κ3) is 2.96. The quantitative estimate of drug-likeness (QED) is 0.569. The summed E-state index contributed by atoms with van der Waals surface area (Å²) in [6.07, 6.45) is 1.71. The topological polar surface area (TPSA) is 76.2 Å². The van der Waals surface area contributed by atoms with Crippen LogP contribution in [0.1, 0.15) is 12.6 Å². The lowest BCUT2D eigenvalue weighted by atomic mass is 10.2. The van der Waals surface area contributed by atoms with E-state index in [-0.39, 0.29) is 0 Å². The van der Waals surface area contributed by atoms with E-state index in [4.69, 9.17) is 17.3 Å². The Labute approximate surface area is 130 Å². The van der Waals surface area contributed by atoms with Crippen LogP contribution in [-0.2, 0) is 0 Å². The van der Waals surface area contributed by atoms with Crippen LogP contribution in [0.5, 0.6) is 0 Å². The Hall–Kier alpha value is -2.18. The molecule has 0 saturated heterocycles. The van der Waals surface area contributed by atoms with Crippen LogP contribution in [0.4, 0.5) is 10.8 Å². The van der Waals surface area contributed by atoms with Gasteiger partial charge >= 0.3 is 0 Å². The summed E-state index contributed by atoms with van der Waals surface area (Å²) in [5.74, 6) is 0. The summed E-state index contributed by atoms with van der Waals surface area (Å²) < 4.78 is 0. The molecule has 0 spiro atoms. The zero-order valence-electron chi connectivity index (χ0n) is 11.2. The van der Waals surface area contributed by atoms with Crippen molar-refractivity contribution < 1.29 is 0 Å². The van der Waals surface area contributed by atoms with Gasteiger partial charge in [-0.25, -0.2) is 4.98 Å². The van der Waals surface area contributed by atoms with Crippen molar-refractivity contribution in [2.45, 2.75) is 6.92 Å². The van der Waals surface area contributed by atoms with Crippen LogP contribution in [0.2, 0.25) is 5.02 Å². The van der Waals surface area contributed by atoms with E-state index in [0.717, 1.165) is 28.0 Å². The summed E-state index contributed by atoms with van der Waals surface area (Å²) in [7, 11) is 0. The van der Waals surface area contributed by atoms with Gasteiger partial charge in [0, 0.05) is 22.0 Å². The molecular formula is C14H12ClN5S. The number of nitrogen functional groups attached to an aromatic ring is 1. The molecule has 0 radical (unpaired) electrons. The van der Waals surface area contributed by atoms with Gasteiger partial charge in [-0.05, 0) is 31.2 Å². The Balaban J connectivity index is 1.91. The number of hydrogen-bond acceptors (Lipinski definition) is 6. The largest absolute Gasteiger partial charge is 0.375 e. The smallest absolute Gasteiger partial charge is 0.180 e. The first-order valence-electron chi connectivity index (χ1n) is 6.19. The fourth-order valence-corrected chi connectivity index (χ4v) is 2.65. The zero-order valence-corrected chi connectivity index (χ0v) is 12.7. The second kappa shape index (κ2) is 5.67. The molecule has 2 aromatic heterocycles. The van der Waals surface area contributed by atoms with Crippen molar-refractivity contribution in [3.05, 3.63) is 46.6 Å². The predicted molar refractivity (Wildman–Crippen MR) is 89.1 cm³/mol. The maximum atomic E-state index is 5.97. The number of nitrogens with zero attached hydrogens (tertiary/aromatic N) is 3. The molecule has 7 heteroatoms. The fourth-order valence-electron chi connectivity index (χ4n) is 1.87. The number of thiazole rings is 1. The lowest BCUT2D eigenvalue weighted by molar-refractivity contribution is 1.28. The Morgan fingerprint density at radius 3 is 3.00 bits per heavy atom. The third-order valence-electron chi connectivity index (χ3n) is 2.94. The standard InChI is InChI=1S/C14H12ClN5S/c1-8(13-7-21-14(16)18-13)19-20-11-4-5-17-12-6-9(15)2-3-10(11)12/h2-7H,1H3,(H2,16,18)(H,17,20)/b19-8+. The van der Waals surface area contributed by atoms with Crippen LogP contribution in [0.25, 0.3) is 10.9 Å². The maximum absolute atomic E-state index is 5.97. The Bertz CT molecular complexity index is 827. The number of rotatable bonds is 3. The first-order chi connectivity index (χ1) is 10.1. The molecule has 3 N–H and O–H groups in total. The Morgan fingerprint density at radius 2 is 2.24 bits per heavy atom. The van der Waals surface area contributed by atoms with Gasteiger partial charge in [0.2, 0.25) is 0 Å². The van der Waals surface area contributed by atoms with Gasteiger partial charge in [-0.2, -0.15) is 5.10 Å². The molecule has 0 aliphatic heterocycles. The van der Waals surface area contributed by atoms with Crippen LogP contribution in [-0.4, -0.2) is 15.7 Å². The minimum Gasteiger partial charge on any atom is -0.375 e. The molecule has 0 unspecified atom stereocenters. The highest BCUT2D eigenvalue weighted by Gasteiger charge is 2.04. The average Bonchev–Trinajstić information content (AvgIpc) is 2.91. The molecule has 0 aliphatic carbocycles. The van der Waals surface area contributed by atoms with Gasteiger partial charge in [0.15, 0.2) is 5.13 Å². The van der Waals surface area contributed by atoms with Crippen LogP contribution in [0, 0.1) is 0 Å². The van der Waals surface area contributed by atoms with Gasteiger partial charge < -0.3 is 5.73 Å². The van der Waals surface area contributed by atoms with Crippen molar-refractivity contribution in [2.75, 3.05) is 11.2 Å². The number of nitrogens with two attached hydrogens (primary N) is 1. The molecule has 0 amide bonds. The third-order valence-corrected chi connectivity index (χ3v) is 3.85. The molecule has 0 atom stereocenters. The molecule has 3 rings (SSSR count). The molecule has 0 aliphatic rings. The molecule has 106 valence electrons. The monoisotopic (exact) mass is 317 g/mol. The molecule has 3 aromatic rings. The highest BCUT2D eigenvalue weighted by atomic mass is 35.5. The SMILES string of the molecule is C/C(=N\Nc1ccnc2cc(Cl)ccc12)c1csc(N)n1. The summed E-state index contributed by atoms with van der Waals surface area (Å²) in [6, 6.07) is 7.43. The first-order valence-corrected chi connectivity index (χ1v) is 7.45. The second-order valence-corrected chi connectivity index (χ2v) is 5.73. The maximum Gasteiger partial charge on any atom is 0.180 e. The summed E-state index contributed by atoms with van der Waals surface area (Å²) in [5, 5.41) is 8.36. The van der Waals surface area contributed by atoms with Crippen LogP contribution in [0.3, 0.4) is 0 Å². The number of fused-ring (bicyclic) bond motifs is 1. The van der Waals surface area contributed by atoms with E-state index in [1.807, 2.05) is 36.6 Å². The molecule has 2 heterocycles. The number of hydrogen-bond donors (Lipinski definition) is 2. The van der Waals surface area contributed by atoms with Crippen molar-refractivity contribution >= 4 is 50.4 Å². The first kappa shape index (κ1) is 13.8. The number of hydrazone groups is 1. The lowest BCUT2D eigenvalue weighted by Crippen LogP contribution is -2.01. The molecule has 0 fully saturated rings. The number of benzene rings is 1. The molecule has 5 nitrogen and oxygen atoms in total. The summed E-state index contributed by atoms with van der Waals surface area (Å²) in [5.41, 5.74) is 11.9. The summed E-state index contributed by atoms with van der Waals surface area (Å²) in [4.78, 5) is 8.48. The van der Waals surface area contributed by atoms with Gasteiger partial charge in [0.05, 0.1) is 22.6 Å². The minimum absolute atomic E-state index is 0.531. The van der Waals surface area contributed by atoms with Crippen molar-refractivity contribution in [1.29, 1.82) is 0 Å². The minimum atomic E-state index is 0.531. The van der Waals surface area contributed by atoms with Gasteiger partial charge in [-0.15, -0.1) is 11.3 Å². The van der Waals surface area contributed by atoms with E-state index in [2.05, 4.69) is 20.5 Å². The molecule has 1 aromatic carbocycles. The van der Waals surface area contributed by atoms with Gasteiger partial charge in [0.1, 0.15) is 0 Å². The average molecular weight is 318 g/mol. The van der Waals surface area contributed by atoms with Gasteiger partial charge in [-0.3, -0.25) is 10.4 Å². The van der Waals surface area contributed by atoms with E-state index >= 15 is 0 Å². The molecule has 0 bridgehead atoms. The second-order valence-electron chi connectivity index (χ2n) is 4.40. The van der Waals surface area contributed by atoms with Gasteiger partial charge in [0.25, 0.3) is 0 Å². The number of pyridine rings is 1. The zero-order chi connectivity index (χ0) is 14.8. The fraction of sp³-hybridized carbons (Fsp3) is 0.0714. The van der Waals surface area contributed by atoms with E-state index in [9.17, 15) is 0 Å². The number of anilines is 2. The van der Waals surface area contributed by atoms with E-state index in [1.165, 1.54) is 11.3 Å². The van der Waals surface area contributed by atoms with E-state index < -0.39 is 0 Å². The Morgan fingerprint density at radius 1 is 1.38 bits per heavy atom. The predicted octanol–water partition coefficient (Wildman–Crippen LogP) is 3.76. The molecular weight excluding hydrogens is 306 g/mol. The highest BCUT2D eigenvalue weighted by molar-refractivity contribution is 7.13. The van der Waals surface area contributed by atoms with Crippen LogP contribution in [0.15, 0.2) is 40.9 Å². The van der Waals surface area contributed by atoms with E-state index in [0.29, 0.717) is 10.2 Å². The normalized spacial score (nSPS) is 11.8. The van der Waals surface area contributed by atoms with Gasteiger partial charge in [-0.1, -0.05) is 11.6 Å². The number of halogens is 1. The lowest BCUT2D eigenvalue weighted by Gasteiger charge is -2.06. The van der Waals surface area contributed by atoms with Crippen LogP contribution >= 0.6 is 22.9 Å². The summed E-state index contributed by atoms with van der Waals surface area (Å²) >= 11 is 7.37.